The van der Waals surface area contributed by atoms with Gasteiger partial charge in [-0.25, -0.2) is 8.42 Å². The zero-order valence-electron chi connectivity index (χ0n) is 18.1. The van der Waals surface area contributed by atoms with Crippen LogP contribution in [-0.2, 0) is 22.7 Å². The number of aromatic nitrogens is 1. The lowest BCUT2D eigenvalue weighted by atomic mass is 10.0. The highest BCUT2D eigenvalue weighted by Crippen LogP contribution is 2.28. The summed E-state index contributed by atoms with van der Waals surface area (Å²) in [5.74, 6) is 0. The second-order valence-corrected chi connectivity index (χ2v) is 11.4. The average Bonchev–Trinajstić information content (AvgIpc) is 3.20. The summed E-state index contributed by atoms with van der Waals surface area (Å²) in [7, 11) is -3.41. The maximum absolute atomic E-state index is 12.8. The van der Waals surface area contributed by atoms with Crippen molar-refractivity contribution in [3.05, 3.63) is 47.1 Å². The van der Waals surface area contributed by atoms with Crippen LogP contribution in [0.2, 0.25) is 0 Å². The normalized spacial score (nSPS) is 20.3. The van der Waals surface area contributed by atoms with E-state index in [9.17, 15) is 21.6 Å². The molecule has 2 aromatic rings. The fourth-order valence-corrected chi connectivity index (χ4v) is 7.06. The minimum atomic E-state index is -4.41. The number of rotatable bonds is 5. The van der Waals surface area contributed by atoms with Crippen LogP contribution in [0.5, 0.6) is 0 Å². The molecular formula is C21H28ClF3N4O2S2. The Morgan fingerprint density at radius 1 is 1.03 bits per heavy atom. The molecule has 0 spiro atoms. The summed E-state index contributed by atoms with van der Waals surface area (Å²) in [4.78, 5) is 8.19. The molecule has 2 fully saturated rings. The van der Waals surface area contributed by atoms with Gasteiger partial charge in [0.1, 0.15) is 9.90 Å². The number of thiophene rings is 1. The smallest absolute Gasteiger partial charge is 0.299 e. The first-order valence-corrected chi connectivity index (χ1v) is 13.1. The molecule has 184 valence electrons. The van der Waals surface area contributed by atoms with E-state index in [1.54, 1.807) is 21.8 Å². The molecule has 0 radical (unpaired) electrons. The first kappa shape index (κ1) is 26.4. The molecule has 6 nitrogen and oxygen atoms in total. The lowest BCUT2D eigenvalue weighted by Gasteiger charge is -2.38. The summed E-state index contributed by atoms with van der Waals surface area (Å²) in [5, 5.41) is 1.78. The van der Waals surface area contributed by atoms with E-state index in [4.69, 9.17) is 0 Å². The van der Waals surface area contributed by atoms with Gasteiger partial charge >= 0.3 is 6.18 Å². The van der Waals surface area contributed by atoms with Gasteiger partial charge in [-0.05, 0) is 62.0 Å². The Morgan fingerprint density at radius 3 is 2.39 bits per heavy atom. The highest BCUT2D eigenvalue weighted by molar-refractivity contribution is 7.91. The maximum Gasteiger partial charge on any atom is 0.433 e. The molecule has 0 amide bonds. The molecule has 0 bridgehead atoms. The van der Waals surface area contributed by atoms with Gasteiger partial charge in [0, 0.05) is 38.4 Å². The first-order chi connectivity index (χ1) is 15.2. The Labute approximate surface area is 202 Å². The fraction of sp³-hybridized carbons (Fsp3) is 0.571. The Morgan fingerprint density at radius 2 is 1.79 bits per heavy atom. The van der Waals surface area contributed by atoms with Crippen molar-refractivity contribution in [2.75, 3.05) is 39.3 Å². The third-order valence-electron chi connectivity index (χ3n) is 6.17. The van der Waals surface area contributed by atoms with Crippen molar-refractivity contribution in [1.82, 2.24) is 19.1 Å². The van der Waals surface area contributed by atoms with E-state index in [-0.39, 0.29) is 12.4 Å². The van der Waals surface area contributed by atoms with Crippen LogP contribution in [0.25, 0.3) is 0 Å². The Bertz CT molecular complexity index is 980. The number of alkyl halides is 3. The average molecular weight is 525 g/mol. The quantitative estimate of drug-likeness (QED) is 0.593. The molecule has 2 saturated heterocycles. The van der Waals surface area contributed by atoms with Crippen molar-refractivity contribution in [1.29, 1.82) is 0 Å². The lowest BCUT2D eigenvalue weighted by Crippen LogP contribution is -2.46. The molecule has 0 aliphatic carbocycles. The minimum Gasteiger partial charge on any atom is -0.299 e. The Hall–Kier alpha value is -1.24. The lowest BCUT2D eigenvalue weighted by molar-refractivity contribution is -0.141. The van der Waals surface area contributed by atoms with Crippen LogP contribution < -0.4 is 0 Å². The van der Waals surface area contributed by atoms with E-state index in [1.807, 2.05) is 0 Å². The molecule has 33 heavy (non-hydrogen) atoms. The predicted octanol–water partition coefficient (Wildman–Crippen LogP) is 3.94. The van der Waals surface area contributed by atoms with E-state index in [2.05, 4.69) is 14.8 Å². The van der Waals surface area contributed by atoms with Crippen LogP contribution in [0.3, 0.4) is 0 Å². The van der Waals surface area contributed by atoms with Crippen LogP contribution >= 0.6 is 23.7 Å². The van der Waals surface area contributed by atoms with Gasteiger partial charge in [0.25, 0.3) is 10.0 Å². The van der Waals surface area contributed by atoms with Crippen molar-refractivity contribution in [2.45, 2.75) is 42.2 Å². The van der Waals surface area contributed by atoms with Crippen molar-refractivity contribution in [3.63, 3.8) is 0 Å². The summed E-state index contributed by atoms with van der Waals surface area (Å²) in [6, 6.07) is 6.36. The van der Waals surface area contributed by atoms with Crippen LogP contribution in [-0.4, -0.2) is 72.8 Å². The second kappa shape index (κ2) is 11.0. The van der Waals surface area contributed by atoms with Gasteiger partial charge in [-0.1, -0.05) is 12.1 Å². The van der Waals surface area contributed by atoms with Crippen LogP contribution in [0.1, 0.15) is 30.5 Å². The Balaban J connectivity index is 0.00000306. The zero-order valence-corrected chi connectivity index (χ0v) is 20.5. The molecular weight excluding hydrogens is 497 g/mol. The van der Waals surface area contributed by atoms with E-state index >= 15 is 0 Å². The number of halogens is 4. The predicted molar refractivity (Wildman–Crippen MR) is 124 cm³/mol. The molecule has 2 aromatic heterocycles. The topological polar surface area (TPSA) is 56.8 Å². The highest BCUT2D eigenvalue weighted by atomic mass is 35.5. The van der Waals surface area contributed by atoms with Gasteiger partial charge in [-0.3, -0.25) is 14.8 Å². The number of piperidine rings is 1. The summed E-state index contributed by atoms with van der Waals surface area (Å²) in [5.41, 5.74) is -0.0862. The largest absolute Gasteiger partial charge is 0.433 e. The van der Waals surface area contributed by atoms with E-state index in [0.29, 0.717) is 29.9 Å². The van der Waals surface area contributed by atoms with Gasteiger partial charge in [0.2, 0.25) is 0 Å². The second-order valence-electron chi connectivity index (χ2n) is 8.28. The van der Waals surface area contributed by atoms with Crippen LogP contribution in [0, 0.1) is 0 Å². The summed E-state index contributed by atoms with van der Waals surface area (Å²) in [6.07, 6.45) is -0.367. The van der Waals surface area contributed by atoms with E-state index in [1.165, 1.54) is 23.6 Å². The molecule has 0 saturated carbocycles. The number of pyridine rings is 1. The van der Waals surface area contributed by atoms with Gasteiger partial charge in [-0.2, -0.15) is 17.5 Å². The maximum atomic E-state index is 12.8. The van der Waals surface area contributed by atoms with Gasteiger partial charge in [0.15, 0.2) is 0 Å². The molecule has 2 aliphatic rings. The van der Waals surface area contributed by atoms with Crippen molar-refractivity contribution in [3.8, 4) is 0 Å². The van der Waals surface area contributed by atoms with Gasteiger partial charge in [0.05, 0.1) is 0 Å². The zero-order chi connectivity index (χ0) is 22.8. The molecule has 0 N–H and O–H groups in total. The SMILES string of the molecule is Cl.O=S(=O)(c1cccs1)N1CCCN(C2CCN(Cc3ccc(C(F)(F)F)nc3)CC2)CC1. The minimum absolute atomic E-state index is 0. The number of likely N-dealkylation sites (tertiary alicyclic amines) is 1. The molecule has 4 rings (SSSR count). The summed E-state index contributed by atoms with van der Waals surface area (Å²) in [6.45, 7) is 4.94. The van der Waals surface area contributed by atoms with Gasteiger partial charge < -0.3 is 0 Å². The molecule has 12 heteroatoms. The fourth-order valence-electron chi connectivity index (χ4n) is 4.44. The molecule has 0 atom stereocenters. The third kappa shape index (κ3) is 6.46. The Kier molecular flexibility index (Phi) is 8.79. The van der Waals surface area contributed by atoms with Crippen LogP contribution in [0.4, 0.5) is 13.2 Å². The first-order valence-electron chi connectivity index (χ1n) is 10.8. The van der Waals surface area contributed by atoms with E-state index < -0.39 is 21.9 Å². The number of sulfonamides is 1. The number of hydrogen-bond donors (Lipinski definition) is 0. The third-order valence-corrected chi connectivity index (χ3v) is 9.45. The number of nitrogens with zero attached hydrogens (tertiary/aromatic N) is 4. The van der Waals surface area contributed by atoms with Crippen molar-refractivity contribution in [2.24, 2.45) is 0 Å². The van der Waals surface area contributed by atoms with Crippen LogP contribution in [0.15, 0.2) is 40.1 Å². The summed E-state index contributed by atoms with van der Waals surface area (Å²) >= 11 is 1.25. The molecule has 0 aromatic carbocycles. The van der Waals surface area contributed by atoms with Crippen molar-refractivity contribution < 1.29 is 21.6 Å². The monoisotopic (exact) mass is 524 g/mol. The van der Waals surface area contributed by atoms with E-state index in [0.717, 1.165) is 57.1 Å². The standard InChI is InChI=1S/C21H27F3N4O2S2.ClH/c22-21(23,24)19-5-4-17(15-25-19)16-26-10-6-18(7-11-26)27-8-2-9-28(13-12-27)32(29,30)20-3-1-14-31-20;/h1,3-5,14-15,18H,2,6-13,16H2;1H. The molecule has 4 heterocycles. The highest BCUT2D eigenvalue weighted by Gasteiger charge is 2.33. The summed E-state index contributed by atoms with van der Waals surface area (Å²) < 4.78 is 65.7. The molecule has 0 unspecified atom stereocenters. The van der Waals surface area contributed by atoms with Crippen molar-refractivity contribution >= 4 is 33.8 Å². The number of hydrogen-bond acceptors (Lipinski definition) is 6. The van der Waals surface area contributed by atoms with Gasteiger partial charge in [-0.15, -0.1) is 23.7 Å². The molecule has 2 aliphatic heterocycles.